The Balaban J connectivity index is -0.00000000500. The first-order chi connectivity index (χ1) is 1.00. The average molecular weight is 355 g/mol. The Kier molecular flexibility index (Phi) is 62.9. The van der Waals surface area contributed by atoms with Gasteiger partial charge in [0.2, 0.25) is 0 Å². The summed E-state index contributed by atoms with van der Waals surface area (Å²) in [5.74, 6) is 0. The summed E-state index contributed by atoms with van der Waals surface area (Å²) in [6.07, 6.45) is 0. The van der Waals surface area contributed by atoms with Crippen molar-refractivity contribution >= 4 is 109 Å². The van der Waals surface area contributed by atoms with Crippen LogP contribution in [-0.2, 0) is 2.69 Å². The molecule has 1 nitrogen and oxygen atoms in total. The Morgan fingerprint density at radius 3 is 1.25 bits per heavy atom. The number of hydrogen-bond donors (Lipinski definition) is 0. The predicted octanol–water partition coefficient (Wildman–Crippen LogP) is -2.33. The van der Waals surface area contributed by atoms with E-state index in [4.69, 9.17) is 2.69 Å². The summed E-state index contributed by atoms with van der Waals surface area (Å²) in [6.45, 7) is 0. The van der Waals surface area contributed by atoms with E-state index in [9.17, 15) is 0 Å². The Bertz CT molecular complexity index is 8.00. The predicted molar refractivity (Wildman–Crippen MR) is 23.5 cm³/mol. The van der Waals surface area contributed by atoms with Gasteiger partial charge in [-0.25, -0.2) is 0 Å². The summed E-state index contributed by atoms with van der Waals surface area (Å²) in [5.41, 5.74) is 0. The Labute approximate surface area is 108 Å². The third-order valence-electron chi connectivity index (χ3n) is 0. The van der Waals surface area contributed by atoms with Crippen LogP contribution in [0.2, 0.25) is 0 Å². The quantitative estimate of drug-likeness (QED) is 0.446. The molecule has 4 heavy (non-hydrogen) atoms. The number of rotatable bonds is 0. The molecule has 0 heterocycles. The molecule has 0 saturated heterocycles. The summed E-state index contributed by atoms with van der Waals surface area (Å²) < 4.78 is 8.39. The number of hydrogen-bond acceptors (Lipinski definition) is 1. The normalized spacial score (nSPS) is 1.00. The molecule has 0 aromatic carbocycles. The molecule has 0 rings (SSSR count). The maximum absolute atomic E-state index is 8.39. The van der Waals surface area contributed by atoms with E-state index in [2.05, 4.69) is 0 Å². The van der Waals surface area contributed by atoms with Crippen molar-refractivity contribution in [1.29, 1.82) is 0 Å². The summed E-state index contributed by atoms with van der Waals surface area (Å²) >= 11 is 0.0556. The van der Waals surface area contributed by atoms with E-state index in [1.165, 1.54) is 0 Å². The fourth-order valence-corrected chi connectivity index (χ4v) is 0. The van der Waals surface area contributed by atoms with E-state index in [0.717, 1.165) is 0 Å². The van der Waals surface area contributed by atoms with Gasteiger partial charge in [0.05, 0.1) is 0 Å². The van der Waals surface area contributed by atoms with Crippen LogP contribution in [0, 0.1) is 0 Å². The molecule has 0 aliphatic heterocycles. The van der Waals surface area contributed by atoms with Crippen LogP contribution in [0.3, 0.4) is 0 Å². The monoisotopic (exact) mass is 356 g/mol. The van der Waals surface area contributed by atoms with Crippen molar-refractivity contribution in [1.82, 2.24) is 0 Å². The zero-order valence-electron chi connectivity index (χ0n) is 0.908. The molecular weight excluding hydrogens is 351 g/mol. The Morgan fingerprint density at radius 1 is 1.25 bits per heavy atom. The van der Waals surface area contributed by atoms with E-state index in [-0.39, 0.29) is 109 Å². The van der Waals surface area contributed by atoms with Gasteiger partial charge in [0.25, 0.3) is 0 Å². The van der Waals surface area contributed by atoms with Gasteiger partial charge in [0.1, 0.15) is 0 Å². The van der Waals surface area contributed by atoms with Crippen molar-refractivity contribution in [2.75, 3.05) is 0 Å². The van der Waals surface area contributed by atoms with Gasteiger partial charge in [-0.3, -0.25) is 0 Å². The molecule has 4 heteroatoms. The summed E-state index contributed by atoms with van der Waals surface area (Å²) in [6, 6.07) is 0. The van der Waals surface area contributed by atoms with Crippen molar-refractivity contribution in [3.8, 4) is 0 Å². The molecule has 18 valence electrons. The molecule has 0 N–H and O–H groups in total. The first-order valence-electron chi connectivity index (χ1n) is 0.204. The fourth-order valence-electron chi connectivity index (χ4n) is 0. The second-order valence-electron chi connectivity index (χ2n) is 0. The zero-order valence-corrected chi connectivity index (χ0v) is 4.80. The van der Waals surface area contributed by atoms with E-state index in [1.54, 1.807) is 0 Å². The van der Waals surface area contributed by atoms with Gasteiger partial charge in [-0.2, -0.15) is 0 Å². The van der Waals surface area contributed by atoms with Gasteiger partial charge in [-0.05, 0) is 0 Å². The first kappa shape index (κ1) is 15.7. The Hall–Kier alpha value is 3.46. The second-order valence-corrected chi connectivity index (χ2v) is 0. The molecule has 0 spiro atoms. The van der Waals surface area contributed by atoms with E-state index < -0.39 is 0 Å². The van der Waals surface area contributed by atoms with Crippen LogP contribution < -0.4 is 0 Å². The van der Waals surface area contributed by atoms with Gasteiger partial charge in [-0.1, -0.05) is 0 Å². The second kappa shape index (κ2) is 16.1. The summed E-state index contributed by atoms with van der Waals surface area (Å²) in [7, 11) is 0. The molecule has 0 amide bonds. The third kappa shape index (κ3) is 9.07. The summed E-state index contributed by atoms with van der Waals surface area (Å²) in [5, 5.41) is 0. The van der Waals surface area contributed by atoms with Gasteiger partial charge in [0, 0.05) is 0 Å². The minimum absolute atomic E-state index is 0. The molecule has 0 aliphatic rings. The van der Waals surface area contributed by atoms with Crippen LogP contribution in [0.15, 0.2) is 0 Å². The maximum atomic E-state index is 8.39. The van der Waals surface area contributed by atoms with Crippen LogP contribution in [-0.4, -0.2) is 109 Å². The first-order valence-corrected chi connectivity index (χ1v) is 1.79. The van der Waals surface area contributed by atoms with E-state index >= 15 is 0 Å². The van der Waals surface area contributed by atoms with Crippen LogP contribution >= 0.6 is 0 Å². The molecule has 0 unspecified atom stereocenters. The van der Waals surface area contributed by atoms with Crippen molar-refractivity contribution in [3.05, 3.63) is 0 Å². The topological polar surface area (TPSA) is 17.1 Å². The average Bonchev–Trinajstić information content (AvgIpc) is 1.00. The van der Waals surface area contributed by atoms with E-state index in [1.807, 2.05) is 0 Å². The van der Waals surface area contributed by atoms with Crippen LogP contribution in [0.25, 0.3) is 0 Å². The molecule has 0 saturated carbocycles. The molecular formula is H4CaOPbSr. The zero-order chi connectivity index (χ0) is 2.00. The van der Waals surface area contributed by atoms with Crippen molar-refractivity contribution in [2.45, 2.75) is 0 Å². The van der Waals surface area contributed by atoms with Crippen molar-refractivity contribution in [2.24, 2.45) is 0 Å². The summed E-state index contributed by atoms with van der Waals surface area (Å²) in [4.78, 5) is 0. The third-order valence-corrected chi connectivity index (χ3v) is 0. The van der Waals surface area contributed by atoms with E-state index in [0.29, 0.717) is 0 Å². The van der Waals surface area contributed by atoms with Crippen molar-refractivity contribution in [3.63, 3.8) is 0 Å². The Morgan fingerprint density at radius 2 is 1.25 bits per heavy atom. The van der Waals surface area contributed by atoms with Gasteiger partial charge in [0.15, 0.2) is 0 Å². The SMILES string of the molecule is [CaH2].[O]=[Pb].[SrH2]. The van der Waals surface area contributed by atoms with Crippen LogP contribution in [0.4, 0.5) is 0 Å². The van der Waals surface area contributed by atoms with Crippen LogP contribution in [0.1, 0.15) is 0 Å². The van der Waals surface area contributed by atoms with Gasteiger partial charge < -0.3 is 0 Å². The molecule has 0 bridgehead atoms. The minimum atomic E-state index is 0. The molecule has 0 aromatic heterocycles. The standard InChI is InChI=1S/Ca.O.Pb.Sr.4H. The molecule has 0 atom stereocenters. The van der Waals surface area contributed by atoms with Crippen LogP contribution in [0.5, 0.6) is 0 Å². The molecule has 0 aromatic rings. The molecule has 2 radical (unpaired) electrons. The van der Waals surface area contributed by atoms with Gasteiger partial charge in [-0.15, -0.1) is 0 Å². The molecule has 0 fully saturated rings. The molecule has 0 aliphatic carbocycles. The van der Waals surface area contributed by atoms with Gasteiger partial charge >= 0.3 is 112 Å². The fraction of sp³-hybridized carbons (Fsp3) is 0. The van der Waals surface area contributed by atoms with Crippen molar-refractivity contribution < 1.29 is 2.69 Å².